The van der Waals surface area contributed by atoms with E-state index in [2.05, 4.69) is 9.97 Å². The summed E-state index contributed by atoms with van der Waals surface area (Å²) in [5.74, 6) is 1.46. The van der Waals surface area contributed by atoms with Crippen molar-refractivity contribution in [2.24, 2.45) is 0 Å². The number of carbonyl (C=O) groups is 1. The Morgan fingerprint density at radius 2 is 1.75 bits per heavy atom. The highest BCUT2D eigenvalue weighted by Crippen LogP contribution is 2.33. The zero-order valence-electron chi connectivity index (χ0n) is 17.1. The first-order valence-electron chi connectivity index (χ1n) is 10.2. The van der Waals surface area contributed by atoms with E-state index in [9.17, 15) is 13.2 Å². The van der Waals surface area contributed by atoms with Crippen molar-refractivity contribution in [2.75, 3.05) is 39.4 Å². The maximum atomic E-state index is 13.1. The SMILES string of the molecule is O=C(c1ccc(-n2ccnc2)nc1)N1CCN(S(=O)(=O)c2ccc3c(c2)OCCO3)CC1. The van der Waals surface area contributed by atoms with Gasteiger partial charge in [-0.1, -0.05) is 0 Å². The summed E-state index contributed by atoms with van der Waals surface area (Å²) in [5, 5.41) is 0. The van der Waals surface area contributed by atoms with Gasteiger partial charge in [0.1, 0.15) is 25.4 Å². The van der Waals surface area contributed by atoms with Gasteiger partial charge < -0.3 is 14.4 Å². The zero-order chi connectivity index (χ0) is 22.1. The fourth-order valence-electron chi connectivity index (χ4n) is 3.71. The van der Waals surface area contributed by atoms with Crippen molar-refractivity contribution in [3.8, 4) is 17.3 Å². The van der Waals surface area contributed by atoms with Crippen LogP contribution in [0.2, 0.25) is 0 Å². The third kappa shape index (κ3) is 3.80. The van der Waals surface area contributed by atoms with E-state index in [0.717, 1.165) is 0 Å². The average molecular weight is 455 g/mol. The monoisotopic (exact) mass is 455 g/mol. The molecular formula is C21H21N5O5S. The number of sulfonamides is 1. The van der Waals surface area contributed by atoms with Gasteiger partial charge in [-0.3, -0.25) is 9.36 Å². The van der Waals surface area contributed by atoms with Crippen LogP contribution in [0.3, 0.4) is 0 Å². The Morgan fingerprint density at radius 1 is 0.969 bits per heavy atom. The molecule has 2 aliphatic rings. The second-order valence-electron chi connectivity index (χ2n) is 7.38. The Morgan fingerprint density at radius 3 is 2.44 bits per heavy atom. The van der Waals surface area contributed by atoms with Gasteiger partial charge in [-0.15, -0.1) is 0 Å². The first-order valence-corrected chi connectivity index (χ1v) is 11.6. The summed E-state index contributed by atoms with van der Waals surface area (Å²) < 4.78 is 40.3. The third-order valence-corrected chi connectivity index (χ3v) is 7.34. The molecule has 1 amide bonds. The smallest absolute Gasteiger partial charge is 0.255 e. The Hall–Kier alpha value is -3.44. The molecule has 0 N–H and O–H groups in total. The topological polar surface area (TPSA) is 107 Å². The molecule has 5 rings (SSSR count). The Bertz CT molecular complexity index is 1220. The number of nitrogens with zero attached hydrogens (tertiary/aromatic N) is 5. The van der Waals surface area contributed by atoms with Gasteiger partial charge in [0.25, 0.3) is 5.91 Å². The Balaban J connectivity index is 1.25. The second-order valence-corrected chi connectivity index (χ2v) is 9.31. The molecule has 0 radical (unpaired) electrons. The van der Waals surface area contributed by atoms with Gasteiger partial charge in [-0.2, -0.15) is 4.31 Å². The van der Waals surface area contributed by atoms with Crippen molar-refractivity contribution in [3.63, 3.8) is 0 Å². The van der Waals surface area contributed by atoms with Crippen LogP contribution in [0.1, 0.15) is 10.4 Å². The van der Waals surface area contributed by atoms with E-state index >= 15 is 0 Å². The molecule has 10 nitrogen and oxygen atoms in total. The highest BCUT2D eigenvalue weighted by Gasteiger charge is 2.31. The number of pyridine rings is 1. The molecule has 2 aliphatic heterocycles. The number of fused-ring (bicyclic) bond motifs is 1. The highest BCUT2D eigenvalue weighted by molar-refractivity contribution is 7.89. The molecule has 0 atom stereocenters. The number of aromatic nitrogens is 3. The van der Waals surface area contributed by atoms with Crippen molar-refractivity contribution in [3.05, 3.63) is 60.8 Å². The molecule has 0 saturated carbocycles. The van der Waals surface area contributed by atoms with Crippen LogP contribution < -0.4 is 9.47 Å². The summed E-state index contributed by atoms with van der Waals surface area (Å²) in [6.45, 7) is 1.84. The summed E-state index contributed by atoms with van der Waals surface area (Å²) in [6, 6.07) is 8.09. The van der Waals surface area contributed by atoms with Crippen molar-refractivity contribution < 1.29 is 22.7 Å². The van der Waals surface area contributed by atoms with Crippen LogP contribution in [0.4, 0.5) is 0 Å². The second kappa shape index (κ2) is 8.24. The zero-order valence-corrected chi connectivity index (χ0v) is 17.9. The summed E-state index contributed by atoms with van der Waals surface area (Å²) in [5.41, 5.74) is 0.456. The number of hydrogen-bond donors (Lipinski definition) is 0. The van der Waals surface area contributed by atoms with Crippen LogP contribution in [0.25, 0.3) is 5.82 Å². The standard InChI is InChI=1S/C21H21N5O5S/c27-21(16-1-4-20(23-14-16)25-6-5-22-15-25)24-7-9-26(10-8-24)32(28,29)17-2-3-18-19(13-17)31-12-11-30-18/h1-6,13-15H,7-12H2. The van der Waals surface area contributed by atoms with Crippen molar-refractivity contribution in [1.82, 2.24) is 23.7 Å². The molecule has 1 fully saturated rings. The number of hydrogen-bond acceptors (Lipinski definition) is 7. The number of carbonyl (C=O) groups excluding carboxylic acids is 1. The first-order chi connectivity index (χ1) is 15.5. The number of amides is 1. The largest absolute Gasteiger partial charge is 0.486 e. The summed E-state index contributed by atoms with van der Waals surface area (Å²) >= 11 is 0. The van der Waals surface area contributed by atoms with Crippen LogP contribution in [0.15, 0.2) is 60.1 Å². The van der Waals surface area contributed by atoms with E-state index in [1.807, 2.05) is 0 Å². The molecule has 166 valence electrons. The molecule has 2 aromatic heterocycles. The maximum absolute atomic E-state index is 13.1. The van der Waals surface area contributed by atoms with E-state index < -0.39 is 10.0 Å². The number of benzene rings is 1. The molecular weight excluding hydrogens is 434 g/mol. The van der Waals surface area contributed by atoms with Gasteiger partial charge in [0.2, 0.25) is 10.0 Å². The molecule has 4 heterocycles. The summed E-state index contributed by atoms with van der Waals surface area (Å²) in [7, 11) is -3.70. The molecule has 1 aromatic carbocycles. The molecule has 0 unspecified atom stereocenters. The number of rotatable bonds is 4. The maximum Gasteiger partial charge on any atom is 0.255 e. The quantitative estimate of drug-likeness (QED) is 0.582. The van der Waals surface area contributed by atoms with E-state index in [0.29, 0.717) is 49.2 Å². The lowest BCUT2D eigenvalue weighted by Gasteiger charge is -2.34. The number of imidazole rings is 1. The van der Waals surface area contributed by atoms with Crippen LogP contribution >= 0.6 is 0 Å². The van der Waals surface area contributed by atoms with Gasteiger partial charge in [-0.25, -0.2) is 18.4 Å². The number of ether oxygens (including phenoxy) is 2. The fourth-order valence-corrected chi connectivity index (χ4v) is 5.15. The highest BCUT2D eigenvalue weighted by atomic mass is 32.2. The van der Waals surface area contributed by atoms with Crippen LogP contribution in [-0.2, 0) is 10.0 Å². The molecule has 1 saturated heterocycles. The van der Waals surface area contributed by atoms with Crippen LogP contribution in [0, 0.1) is 0 Å². The Labute approximate surface area is 185 Å². The minimum absolute atomic E-state index is 0.154. The lowest BCUT2D eigenvalue weighted by Crippen LogP contribution is -2.50. The molecule has 32 heavy (non-hydrogen) atoms. The molecule has 0 aliphatic carbocycles. The van der Waals surface area contributed by atoms with Crippen molar-refractivity contribution >= 4 is 15.9 Å². The average Bonchev–Trinajstić information content (AvgIpc) is 3.38. The predicted octanol–water partition coefficient (Wildman–Crippen LogP) is 1.19. The van der Waals surface area contributed by atoms with Gasteiger partial charge in [-0.05, 0) is 24.3 Å². The van der Waals surface area contributed by atoms with Crippen LogP contribution in [-0.4, -0.2) is 77.5 Å². The first kappa shape index (κ1) is 20.5. The van der Waals surface area contributed by atoms with Gasteiger partial charge in [0.05, 0.1) is 10.5 Å². The fraction of sp³-hybridized carbons (Fsp3) is 0.286. The third-order valence-electron chi connectivity index (χ3n) is 5.44. The van der Waals surface area contributed by atoms with E-state index in [1.54, 1.807) is 46.4 Å². The molecule has 0 bridgehead atoms. The van der Waals surface area contributed by atoms with Crippen LogP contribution in [0.5, 0.6) is 11.5 Å². The number of piperazine rings is 1. The van der Waals surface area contributed by atoms with Gasteiger partial charge in [0.15, 0.2) is 11.5 Å². The molecule has 3 aromatic rings. The molecule has 11 heteroatoms. The Kier molecular flexibility index (Phi) is 5.27. The predicted molar refractivity (Wildman–Crippen MR) is 113 cm³/mol. The van der Waals surface area contributed by atoms with E-state index in [-0.39, 0.29) is 23.9 Å². The lowest BCUT2D eigenvalue weighted by molar-refractivity contribution is 0.0697. The van der Waals surface area contributed by atoms with E-state index in [4.69, 9.17) is 9.47 Å². The van der Waals surface area contributed by atoms with E-state index in [1.165, 1.54) is 22.6 Å². The van der Waals surface area contributed by atoms with Gasteiger partial charge >= 0.3 is 0 Å². The van der Waals surface area contributed by atoms with Crippen molar-refractivity contribution in [1.29, 1.82) is 0 Å². The van der Waals surface area contributed by atoms with Crippen molar-refractivity contribution in [2.45, 2.75) is 4.90 Å². The summed E-state index contributed by atoms with van der Waals surface area (Å²) in [4.78, 5) is 22.9. The minimum Gasteiger partial charge on any atom is -0.486 e. The normalized spacial score (nSPS) is 16.7. The van der Waals surface area contributed by atoms with Gasteiger partial charge in [0, 0.05) is 50.8 Å². The molecule has 0 spiro atoms. The summed E-state index contributed by atoms with van der Waals surface area (Å²) in [6.07, 6.45) is 6.58. The lowest BCUT2D eigenvalue weighted by atomic mass is 10.2. The minimum atomic E-state index is -3.70.